The van der Waals surface area contributed by atoms with Crippen LogP contribution < -0.4 is 16.4 Å². The van der Waals surface area contributed by atoms with Crippen LogP contribution in [0.15, 0.2) is 60.9 Å². The molecule has 220 valence electrons. The molecule has 0 fully saturated rings. The lowest BCUT2D eigenvalue weighted by Gasteiger charge is -2.09. The molecular formula is C33H39N5O4. The molecule has 0 saturated carbocycles. The van der Waals surface area contributed by atoms with Crippen LogP contribution in [0, 0.1) is 0 Å². The molecule has 5 N–H and O–H groups in total. The highest BCUT2D eigenvalue weighted by Gasteiger charge is 2.35. The number of imide groups is 1. The van der Waals surface area contributed by atoms with Crippen LogP contribution in [0.5, 0.6) is 0 Å². The number of aliphatic hydroxyl groups is 1. The molecular weight excluding hydrogens is 530 g/mol. The van der Waals surface area contributed by atoms with Crippen molar-refractivity contribution >= 4 is 50.7 Å². The van der Waals surface area contributed by atoms with Gasteiger partial charge < -0.3 is 25.3 Å². The Hall–Kier alpha value is -4.21. The standard InChI is InChI=1S/C33H39N5O4/c1-37-19-24(22-13-7-9-15-27(22)37)29-30(33(42)36-32(29)41)25-20-38(28-16-10-8-14-23(25)28)18-12-6-4-2-3-5-11-17-35-31(40)26(34)21-39/h7-10,13-16,19-20,26,39H,2-6,11-12,17-18,21,34H2,1H3,(H,35,40)(H,36,41,42)/t26-/m0/s1. The maximum atomic E-state index is 13.2. The number of fused-ring (bicyclic) bond motifs is 2. The van der Waals surface area contributed by atoms with Crippen LogP contribution in [0.25, 0.3) is 33.0 Å². The van der Waals surface area contributed by atoms with Crippen molar-refractivity contribution in [2.75, 3.05) is 13.2 Å². The van der Waals surface area contributed by atoms with Crippen LogP contribution in [0.4, 0.5) is 0 Å². The Morgan fingerprint density at radius 2 is 1.38 bits per heavy atom. The van der Waals surface area contributed by atoms with Crippen LogP contribution in [0.2, 0.25) is 0 Å². The van der Waals surface area contributed by atoms with Gasteiger partial charge in [0.2, 0.25) is 5.91 Å². The third-order valence-corrected chi connectivity index (χ3v) is 8.06. The number of hydrogen-bond acceptors (Lipinski definition) is 5. The van der Waals surface area contributed by atoms with Gasteiger partial charge in [-0.3, -0.25) is 19.7 Å². The Balaban J connectivity index is 1.25. The fourth-order valence-electron chi connectivity index (χ4n) is 5.86. The third kappa shape index (κ3) is 6.03. The Morgan fingerprint density at radius 3 is 2.05 bits per heavy atom. The first-order valence-corrected chi connectivity index (χ1v) is 14.8. The quantitative estimate of drug-likeness (QED) is 0.135. The lowest BCUT2D eigenvalue weighted by Crippen LogP contribution is -2.43. The van der Waals surface area contributed by atoms with Gasteiger partial charge in [0.15, 0.2) is 0 Å². The normalized spacial score (nSPS) is 14.3. The van der Waals surface area contributed by atoms with Gasteiger partial charge in [-0.2, -0.15) is 0 Å². The molecule has 0 unspecified atom stereocenters. The lowest BCUT2D eigenvalue weighted by molar-refractivity contribution is -0.124. The molecule has 2 aromatic carbocycles. The van der Waals surface area contributed by atoms with Gasteiger partial charge in [-0.25, -0.2) is 0 Å². The van der Waals surface area contributed by atoms with E-state index in [4.69, 9.17) is 10.8 Å². The fourth-order valence-corrected chi connectivity index (χ4v) is 5.86. The number of benzene rings is 2. The number of aromatic nitrogens is 2. The summed E-state index contributed by atoms with van der Waals surface area (Å²) < 4.78 is 4.19. The molecule has 5 rings (SSSR count). The molecule has 3 heterocycles. The third-order valence-electron chi connectivity index (χ3n) is 8.06. The van der Waals surface area contributed by atoms with E-state index >= 15 is 0 Å². The van der Waals surface area contributed by atoms with Crippen molar-refractivity contribution in [3.63, 3.8) is 0 Å². The molecule has 4 aromatic rings. The van der Waals surface area contributed by atoms with E-state index in [1.807, 2.05) is 66.5 Å². The summed E-state index contributed by atoms with van der Waals surface area (Å²) in [6.45, 7) is 1.06. The minimum absolute atomic E-state index is 0.306. The number of para-hydroxylation sites is 2. The summed E-state index contributed by atoms with van der Waals surface area (Å²) in [6.07, 6.45) is 11.4. The molecule has 0 aliphatic carbocycles. The van der Waals surface area contributed by atoms with E-state index in [-0.39, 0.29) is 24.3 Å². The molecule has 42 heavy (non-hydrogen) atoms. The lowest BCUT2D eigenvalue weighted by atomic mass is 9.95. The van der Waals surface area contributed by atoms with E-state index in [2.05, 4.69) is 21.3 Å². The molecule has 2 aromatic heterocycles. The van der Waals surface area contributed by atoms with Gasteiger partial charge in [-0.1, -0.05) is 68.5 Å². The highest BCUT2D eigenvalue weighted by molar-refractivity contribution is 6.50. The van der Waals surface area contributed by atoms with Crippen LogP contribution in [0.3, 0.4) is 0 Å². The van der Waals surface area contributed by atoms with Crippen LogP contribution in [-0.2, 0) is 28.0 Å². The second-order valence-corrected chi connectivity index (χ2v) is 11.0. The molecule has 1 aliphatic rings. The molecule has 0 radical (unpaired) electrons. The van der Waals surface area contributed by atoms with Crippen molar-refractivity contribution in [3.05, 3.63) is 72.1 Å². The van der Waals surface area contributed by atoms with Crippen molar-refractivity contribution in [2.45, 2.75) is 57.5 Å². The second kappa shape index (κ2) is 13.2. The highest BCUT2D eigenvalue weighted by atomic mass is 16.3. The van der Waals surface area contributed by atoms with Gasteiger partial charge in [0.05, 0.1) is 17.8 Å². The number of nitrogens with zero attached hydrogens (tertiary/aromatic N) is 2. The number of rotatable bonds is 14. The Morgan fingerprint density at radius 1 is 0.833 bits per heavy atom. The number of nitrogens with one attached hydrogen (secondary N) is 2. The van der Waals surface area contributed by atoms with E-state index in [0.717, 1.165) is 84.4 Å². The number of hydrogen-bond donors (Lipinski definition) is 4. The second-order valence-electron chi connectivity index (χ2n) is 11.0. The zero-order chi connectivity index (χ0) is 29.6. The Bertz CT molecular complexity index is 1650. The summed E-state index contributed by atoms with van der Waals surface area (Å²) in [5, 5.41) is 16.1. The molecule has 3 amide bonds. The molecule has 1 aliphatic heterocycles. The van der Waals surface area contributed by atoms with E-state index in [1.165, 1.54) is 0 Å². The average Bonchev–Trinajstić information content (AvgIpc) is 3.63. The maximum Gasteiger partial charge on any atom is 0.259 e. The summed E-state index contributed by atoms with van der Waals surface area (Å²) in [6, 6.07) is 15.1. The zero-order valence-corrected chi connectivity index (χ0v) is 24.1. The summed E-state index contributed by atoms with van der Waals surface area (Å²) in [5.74, 6) is -1.03. The number of aliphatic hydroxyl groups excluding tert-OH is 1. The smallest absolute Gasteiger partial charge is 0.259 e. The largest absolute Gasteiger partial charge is 0.394 e. The highest BCUT2D eigenvalue weighted by Crippen LogP contribution is 2.38. The predicted molar refractivity (Wildman–Crippen MR) is 165 cm³/mol. The monoisotopic (exact) mass is 569 g/mol. The Kier molecular flexibility index (Phi) is 9.19. The predicted octanol–water partition coefficient (Wildman–Crippen LogP) is 3.87. The first-order valence-electron chi connectivity index (χ1n) is 14.8. The van der Waals surface area contributed by atoms with Crippen molar-refractivity contribution in [1.29, 1.82) is 0 Å². The van der Waals surface area contributed by atoms with Gasteiger partial charge in [-0.15, -0.1) is 0 Å². The number of unbranched alkanes of at least 4 members (excludes halogenated alkanes) is 6. The summed E-state index contributed by atoms with van der Waals surface area (Å²) in [5.41, 5.74) is 9.95. The zero-order valence-electron chi connectivity index (χ0n) is 24.1. The number of amides is 3. The van der Waals surface area contributed by atoms with E-state index in [0.29, 0.717) is 17.7 Å². The molecule has 1 atom stereocenters. The van der Waals surface area contributed by atoms with Crippen LogP contribution in [-0.4, -0.2) is 51.2 Å². The first kappa shape index (κ1) is 29.3. The SMILES string of the molecule is Cn1cc(C2=C(c3cn(CCCCCCCCCNC(=O)[C@@H](N)CO)c4ccccc34)C(=O)NC2=O)c2ccccc21. The minimum Gasteiger partial charge on any atom is -0.394 e. The van der Waals surface area contributed by atoms with Gasteiger partial charge >= 0.3 is 0 Å². The van der Waals surface area contributed by atoms with E-state index in [9.17, 15) is 14.4 Å². The minimum atomic E-state index is -0.848. The fraction of sp³-hybridized carbons (Fsp3) is 0.364. The summed E-state index contributed by atoms with van der Waals surface area (Å²) >= 11 is 0. The molecule has 9 nitrogen and oxygen atoms in total. The number of aryl methyl sites for hydroxylation is 2. The van der Waals surface area contributed by atoms with Gasteiger partial charge in [0.25, 0.3) is 11.8 Å². The van der Waals surface area contributed by atoms with Crippen molar-refractivity contribution in [1.82, 2.24) is 19.8 Å². The maximum absolute atomic E-state index is 13.2. The van der Waals surface area contributed by atoms with Crippen LogP contribution >= 0.6 is 0 Å². The van der Waals surface area contributed by atoms with Gasteiger partial charge in [-0.05, 0) is 25.0 Å². The Labute approximate surface area is 245 Å². The average molecular weight is 570 g/mol. The van der Waals surface area contributed by atoms with E-state index in [1.54, 1.807) is 0 Å². The molecule has 0 saturated heterocycles. The number of carbonyl (C=O) groups excluding carboxylic acids is 3. The molecule has 0 spiro atoms. The topological polar surface area (TPSA) is 131 Å². The summed E-state index contributed by atoms with van der Waals surface area (Å²) in [7, 11) is 1.95. The van der Waals surface area contributed by atoms with E-state index < -0.39 is 6.04 Å². The van der Waals surface area contributed by atoms with Crippen molar-refractivity contribution in [3.8, 4) is 0 Å². The number of nitrogens with two attached hydrogens (primary N) is 1. The summed E-state index contributed by atoms with van der Waals surface area (Å²) in [4.78, 5) is 38.0. The molecule has 9 heteroatoms. The van der Waals surface area contributed by atoms with Crippen LogP contribution in [0.1, 0.15) is 56.1 Å². The van der Waals surface area contributed by atoms with Gasteiger partial charge in [0.1, 0.15) is 6.04 Å². The van der Waals surface area contributed by atoms with Crippen molar-refractivity contribution < 1.29 is 19.5 Å². The van der Waals surface area contributed by atoms with Crippen molar-refractivity contribution in [2.24, 2.45) is 12.8 Å². The van der Waals surface area contributed by atoms with Gasteiger partial charge in [0, 0.05) is 65.5 Å². The first-order chi connectivity index (χ1) is 20.4. The molecule has 0 bridgehead atoms. The number of carbonyl (C=O) groups is 3.